The van der Waals surface area contributed by atoms with Crippen LogP contribution in [0.1, 0.15) is 34.3 Å². The maximum Gasteiger partial charge on any atom is 0.336 e. The molecule has 0 aliphatic heterocycles. The largest absolute Gasteiger partial charge is 0.497 e. The Kier molecular flexibility index (Phi) is 7.14. The minimum atomic E-state index is -4.03. The summed E-state index contributed by atoms with van der Waals surface area (Å²) in [4.78, 5) is 12.2. The van der Waals surface area contributed by atoms with E-state index in [-0.39, 0.29) is 11.3 Å². The predicted octanol–water partition coefficient (Wildman–Crippen LogP) is 4.83. The number of unbranched alkanes of at least 4 members (excludes halogenated alkanes) is 1. The van der Waals surface area contributed by atoms with Crippen LogP contribution >= 0.6 is 0 Å². The average Bonchev–Trinajstić information content (AvgIpc) is 2.84. The molecule has 3 aromatic carbocycles. The maximum atomic E-state index is 12.2. The van der Waals surface area contributed by atoms with Crippen molar-refractivity contribution in [2.75, 3.05) is 12.9 Å². The molecule has 35 heavy (non-hydrogen) atoms. The number of hydrogen-bond acceptors (Lipinski definition) is 4. The molecule has 0 amide bonds. The van der Waals surface area contributed by atoms with E-state index in [0.29, 0.717) is 24.8 Å². The predicted molar refractivity (Wildman–Crippen MR) is 136 cm³/mol. The van der Waals surface area contributed by atoms with Gasteiger partial charge in [0.05, 0.1) is 23.8 Å². The number of nitrogens with zero attached hydrogens (tertiary/aromatic N) is 1. The average molecular weight is 493 g/mol. The van der Waals surface area contributed by atoms with E-state index in [1.54, 1.807) is 13.2 Å². The van der Waals surface area contributed by atoms with Gasteiger partial charge in [-0.25, -0.2) is 4.79 Å². The van der Waals surface area contributed by atoms with Crippen molar-refractivity contribution in [1.82, 2.24) is 0 Å². The number of ether oxygens (including phenoxy) is 1. The standard InChI is InChI=1S/C27H25NO6S/c1-34-22-12-10-19(11-13-22)8-9-20-16-24(27(29)30)23-18-21-6-2-3-7-25(21)28(26(23)17-20)14-4-5-15-35(31,32)33/h2-3,6-13,16-18H,4-5,14-15H2,1H3,(H-,29,30,31,32,33)/p+1. The highest BCUT2D eigenvalue weighted by molar-refractivity contribution is 7.85. The summed E-state index contributed by atoms with van der Waals surface area (Å²) in [6.07, 6.45) is 4.57. The number of methoxy groups -OCH3 is 1. The third-order valence-corrected chi connectivity index (χ3v) is 6.65. The molecule has 4 rings (SSSR count). The first kappa shape index (κ1) is 24.4. The van der Waals surface area contributed by atoms with E-state index in [9.17, 15) is 18.3 Å². The minimum Gasteiger partial charge on any atom is -0.497 e. The van der Waals surface area contributed by atoms with Gasteiger partial charge < -0.3 is 9.84 Å². The summed E-state index contributed by atoms with van der Waals surface area (Å²) in [6, 6.07) is 20.7. The SMILES string of the molecule is COc1ccc(C=Cc2cc(C(=O)O)c3cc4ccccc4[n+](CCCCS(=O)(=O)O)c3c2)cc1. The molecule has 1 aromatic heterocycles. The van der Waals surface area contributed by atoms with E-state index in [1.165, 1.54) is 0 Å². The third kappa shape index (κ3) is 5.85. The van der Waals surface area contributed by atoms with Crippen LogP contribution in [0.2, 0.25) is 0 Å². The van der Waals surface area contributed by atoms with Crippen LogP contribution < -0.4 is 9.30 Å². The van der Waals surface area contributed by atoms with Crippen LogP contribution in [0.25, 0.3) is 34.0 Å². The number of carboxylic acid groups (broad SMARTS) is 1. The maximum absolute atomic E-state index is 12.2. The second-order valence-corrected chi connectivity index (χ2v) is 9.83. The zero-order chi connectivity index (χ0) is 25.0. The lowest BCUT2D eigenvalue weighted by atomic mass is 10.0. The number of aromatic nitrogens is 1. The minimum absolute atomic E-state index is 0.189. The van der Waals surface area contributed by atoms with Crippen molar-refractivity contribution in [1.29, 1.82) is 0 Å². The summed E-state index contributed by atoms with van der Waals surface area (Å²) >= 11 is 0. The number of aromatic carboxylic acids is 1. The summed E-state index contributed by atoms with van der Waals surface area (Å²) in [5.41, 5.74) is 3.52. The summed E-state index contributed by atoms with van der Waals surface area (Å²) in [5.74, 6) is -0.585. The Morgan fingerprint density at radius 2 is 1.66 bits per heavy atom. The Labute approximate surface area is 203 Å². The highest BCUT2D eigenvalue weighted by atomic mass is 32.2. The fourth-order valence-electron chi connectivity index (χ4n) is 4.15. The Balaban J connectivity index is 1.81. The summed E-state index contributed by atoms with van der Waals surface area (Å²) in [7, 11) is -2.42. The van der Waals surface area contributed by atoms with E-state index >= 15 is 0 Å². The highest BCUT2D eigenvalue weighted by Gasteiger charge is 2.21. The molecule has 0 unspecified atom stereocenters. The summed E-state index contributed by atoms with van der Waals surface area (Å²) in [5, 5.41) is 11.5. The Hall–Kier alpha value is -3.75. The monoisotopic (exact) mass is 492 g/mol. The van der Waals surface area contributed by atoms with E-state index in [2.05, 4.69) is 0 Å². The molecule has 0 fully saturated rings. The molecule has 0 bridgehead atoms. The first-order valence-electron chi connectivity index (χ1n) is 11.1. The molecule has 1 heterocycles. The van der Waals surface area contributed by atoms with Crippen molar-refractivity contribution in [2.24, 2.45) is 0 Å². The topological polar surface area (TPSA) is 105 Å². The number of benzene rings is 3. The number of carbonyl (C=O) groups is 1. The number of pyridine rings is 1. The summed E-state index contributed by atoms with van der Waals surface area (Å²) in [6.45, 7) is 0.470. The fraction of sp³-hybridized carbons (Fsp3) is 0.185. The van der Waals surface area contributed by atoms with Crippen molar-refractivity contribution in [3.05, 3.63) is 83.4 Å². The van der Waals surface area contributed by atoms with E-state index < -0.39 is 16.1 Å². The number of rotatable bonds is 9. The van der Waals surface area contributed by atoms with Gasteiger partial charge in [0, 0.05) is 23.9 Å². The molecule has 0 saturated carbocycles. The lowest BCUT2D eigenvalue weighted by Crippen LogP contribution is -2.36. The number of para-hydroxylation sites is 1. The quantitative estimate of drug-likeness (QED) is 0.114. The molecule has 8 heteroatoms. The third-order valence-electron chi connectivity index (χ3n) is 5.85. The normalized spacial score (nSPS) is 11.9. The van der Waals surface area contributed by atoms with Crippen molar-refractivity contribution < 1.29 is 32.2 Å². The van der Waals surface area contributed by atoms with Gasteiger partial charge >= 0.3 is 5.97 Å². The fourth-order valence-corrected chi connectivity index (χ4v) is 4.72. The van der Waals surface area contributed by atoms with Gasteiger partial charge in [0.15, 0.2) is 0 Å². The number of hydrogen-bond donors (Lipinski definition) is 2. The molecule has 4 aromatic rings. The number of aryl methyl sites for hydroxylation is 1. The molecule has 0 spiro atoms. The number of carboxylic acids is 1. The summed E-state index contributed by atoms with van der Waals surface area (Å²) < 4.78 is 38.5. The molecule has 0 aliphatic carbocycles. The van der Waals surface area contributed by atoms with Gasteiger partial charge in [0.25, 0.3) is 10.1 Å². The lowest BCUT2D eigenvalue weighted by molar-refractivity contribution is -0.645. The van der Waals surface area contributed by atoms with Crippen LogP contribution in [0.4, 0.5) is 0 Å². The number of fused-ring (bicyclic) bond motifs is 2. The van der Waals surface area contributed by atoms with Crippen LogP contribution in [0.15, 0.2) is 66.7 Å². The van der Waals surface area contributed by atoms with E-state index in [0.717, 1.165) is 33.3 Å². The van der Waals surface area contributed by atoms with Gasteiger partial charge in [-0.05, 0) is 47.9 Å². The molecule has 0 radical (unpaired) electrons. The lowest BCUT2D eigenvalue weighted by Gasteiger charge is -2.09. The van der Waals surface area contributed by atoms with Crippen LogP contribution in [-0.4, -0.2) is 36.9 Å². The molecule has 180 valence electrons. The van der Waals surface area contributed by atoms with Crippen molar-refractivity contribution >= 4 is 50.0 Å². The second kappa shape index (κ2) is 10.2. The smallest absolute Gasteiger partial charge is 0.336 e. The van der Waals surface area contributed by atoms with Crippen LogP contribution in [0.5, 0.6) is 5.75 Å². The second-order valence-electron chi connectivity index (χ2n) is 8.26. The molecule has 0 saturated heterocycles. The van der Waals surface area contributed by atoms with Gasteiger partial charge in [-0.2, -0.15) is 13.0 Å². The molecular formula is C27H26NO6S+. The molecule has 2 N–H and O–H groups in total. The van der Waals surface area contributed by atoms with E-state index in [4.69, 9.17) is 9.29 Å². The Morgan fingerprint density at radius 3 is 2.34 bits per heavy atom. The molecule has 7 nitrogen and oxygen atoms in total. The van der Waals surface area contributed by atoms with Crippen LogP contribution in [0.3, 0.4) is 0 Å². The molecular weight excluding hydrogens is 466 g/mol. The van der Waals surface area contributed by atoms with Gasteiger partial charge in [0.1, 0.15) is 12.3 Å². The van der Waals surface area contributed by atoms with Crippen LogP contribution in [0, 0.1) is 0 Å². The van der Waals surface area contributed by atoms with Crippen molar-refractivity contribution in [2.45, 2.75) is 19.4 Å². The van der Waals surface area contributed by atoms with Crippen molar-refractivity contribution in [3.63, 3.8) is 0 Å². The highest BCUT2D eigenvalue weighted by Crippen LogP contribution is 2.25. The Morgan fingerprint density at radius 1 is 0.943 bits per heavy atom. The molecule has 0 atom stereocenters. The zero-order valence-electron chi connectivity index (χ0n) is 19.2. The van der Waals surface area contributed by atoms with Gasteiger partial charge in [-0.1, -0.05) is 36.4 Å². The van der Waals surface area contributed by atoms with Crippen molar-refractivity contribution in [3.8, 4) is 5.75 Å². The first-order valence-corrected chi connectivity index (χ1v) is 12.8. The van der Waals surface area contributed by atoms with Gasteiger partial charge in [0.2, 0.25) is 11.0 Å². The van der Waals surface area contributed by atoms with Gasteiger partial charge in [-0.15, -0.1) is 0 Å². The van der Waals surface area contributed by atoms with E-state index in [1.807, 2.05) is 77.4 Å². The molecule has 0 aliphatic rings. The van der Waals surface area contributed by atoms with Gasteiger partial charge in [-0.3, -0.25) is 4.55 Å². The Bertz CT molecular complexity index is 1530. The zero-order valence-corrected chi connectivity index (χ0v) is 20.0. The first-order chi connectivity index (χ1) is 16.7. The van der Waals surface area contributed by atoms with Crippen LogP contribution in [-0.2, 0) is 16.7 Å².